The normalized spacial score (nSPS) is 10.8. The molecule has 0 atom stereocenters. The lowest BCUT2D eigenvalue weighted by atomic mass is 10.2. The summed E-state index contributed by atoms with van der Waals surface area (Å²) in [6.07, 6.45) is 0. The van der Waals surface area contributed by atoms with E-state index in [0.717, 1.165) is 33.3 Å². The Morgan fingerprint density at radius 1 is 1.16 bits per heavy atom. The van der Waals surface area contributed by atoms with Crippen LogP contribution < -0.4 is 0 Å². The third kappa shape index (κ3) is 2.15. The molecule has 1 N–H and O–H groups in total. The van der Waals surface area contributed by atoms with Gasteiger partial charge in [-0.25, -0.2) is 4.98 Å². The van der Waals surface area contributed by atoms with Gasteiger partial charge in [0, 0.05) is 10.9 Å². The third-order valence-corrected chi connectivity index (χ3v) is 3.83. The number of hydrogen-bond acceptors (Lipinski definition) is 4. The van der Waals surface area contributed by atoms with Crippen LogP contribution in [0.1, 0.15) is 11.5 Å². The molecule has 0 aliphatic carbocycles. The summed E-state index contributed by atoms with van der Waals surface area (Å²) in [4.78, 5) is 4.58. The third-order valence-electron chi connectivity index (χ3n) is 2.96. The highest BCUT2D eigenvalue weighted by molar-refractivity contribution is 7.13. The SMILES string of the molecule is Cc1cc(-c2csc(-c3ccccc3O)n2)c(C)o1. The highest BCUT2D eigenvalue weighted by atomic mass is 32.1. The lowest BCUT2D eigenvalue weighted by Crippen LogP contribution is -1.80. The van der Waals surface area contributed by atoms with E-state index in [-0.39, 0.29) is 5.75 Å². The molecule has 0 aliphatic heterocycles. The molecule has 1 aromatic carbocycles. The Labute approximate surface area is 115 Å². The molecule has 0 aliphatic rings. The topological polar surface area (TPSA) is 46.3 Å². The summed E-state index contributed by atoms with van der Waals surface area (Å²) in [6, 6.07) is 9.22. The number of aromatic hydroxyl groups is 1. The Balaban J connectivity index is 2.05. The minimum atomic E-state index is 0.253. The van der Waals surface area contributed by atoms with Crippen LogP contribution in [0.3, 0.4) is 0 Å². The highest BCUT2D eigenvalue weighted by Crippen LogP contribution is 2.35. The summed E-state index contributed by atoms with van der Waals surface area (Å²) in [7, 11) is 0. The van der Waals surface area contributed by atoms with Crippen LogP contribution in [-0.2, 0) is 0 Å². The van der Waals surface area contributed by atoms with E-state index < -0.39 is 0 Å². The van der Waals surface area contributed by atoms with Crippen molar-refractivity contribution in [1.29, 1.82) is 0 Å². The van der Waals surface area contributed by atoms with Crippen molar-refractivity contribution in [2.45, 2.75) is 13.8 Å². The van der Waals surface area contributed by atoms with Crippen molar-refractivity contribution in [2.24, 2.45) is 0 Å². The number of nitrogens with zero attached hydrogens (tertiary/aromatic N) is 1. The Morgan fingerprint density at radius 2 is 1.95 bits per heavy atom. The van der Waals surface area contributed by atoms with Crippen LogP contribution in [0.4, 0.5) is 0 Å². The first kappa shape index (κ1) is 12.0. The number of phenolic OH excluding ortho intramolecular Hbond substituents is 1. The summed E-state index contributed by atoms with van der Waals surface area (Å²) in [6.45, 7) is 3.86. The Morgan fingerprint density at radius 3 is 2.63 bits per heavy atom. The molecule has 3 aromatic rings. The molecule has 19 heavy (non-hydrogen) atoms. The number of phenols is 1. The molecule has 0 radical (unpaired) electrons. The summed E-state index contributed by atoms with van der Waals surface area (Å²) in [5, 5.41) is 12.6. The number of hydrogen-bond donors (Lipinski definition) is 1. The van der Waals surface area contributed by atoms with E-state index in [9.17, 15) is 5.11 Å². The number of para-hydroxylation sites is 1. The van der Waals surface area contributed by atoms with Crippen molar-refractivity contribution in [3.8, 4) is 27.6 Å². The molecular weight excluding hydrogens is 258 g/mol. The lowest BCUT2D eigenvalue weighted by molar-refractivity contribution is 0.477. The van der Waals surface area contributed by atoms with Crippen LogP contribution >= 0.6 is 11.3 Å². The van der Waals surface area contributed by atoms with Crippen LogP contribution in [0.25, 0.3) is 21.8 Å². The Kier molecular flexibility index (Phi) is 2.87. The van der Waals surface area contributed by atoms with Crippen LogP contribution in [-0.4, -0.2) is 10.1 Å². The van der Waals surface area contributed by atoms with E-state index in [0.29, 0.717) is 0 Å². The first-order valence-electron chi connectivity index (χ1n) is 5.96. The fraction of sp³-hybridized carbons (Fsp3) is 0.133. The Bertz CT molecular complexity index is 727. The van der Waals surface area contributed by atoms with Gasteiger partial charge in [-0.1, -0.05) is 12.1 Å². The molecule has 0 saturated heterocycles. The zero-order chi connectivity index (χ0) is 13.4. The molecule has 2 aromatic heterocycles. The molecule has 96 valence electrons. The van der Waals surface area contributed by atoms with Crippen molar-refractivity contribution < 1.29 is 9.52 Å². The molecular formula is C15H13NO2S. The fourth-order valence-electron chi connectivity index (χ4n) is 2.06. The minimum Gasteiger partial charge on any atom is -0.507 e. The fourth-order valence-corrected chi connectivity index (χ4v) is 2.91. The van der Waals surface area contributed by atoms with Gasteiger partial charge in [-0.05, 0) is 32.0 Å². The average molecular weight is 271 g/mol. The van der Waals surface area contributed by atoms with Crippen LogP contribution in [0, 0.1) is 13.8 Å². The lowest BCUT2D eigenvalue weighted by Gasteiger charge is -1.99. The van der Waals surface area contributed by atoms with Crippen molar-refractivity contribution in [3.05, 3.63) is 47.2 Å². The standard InChI is InChI=1S/C15H13NO2S/c1-9-7-12(10(2)18-9)13-8-19-15(16-13)11-5-3-4-6-14(11)17/h3-8,17H,1-2H3. The minimum absolute atomic E-state index is 0.253. The highest BCUT2D eigenvalue weighted by Gasteiger charge is 2.13. The maximum atomic E-state index is 9.85. The first-order chi connectivity index (χ1) is 9.15. The molecule has 3 rings (SSSR count). The zero-order valence-corrected chi connectivity index (χ0v) is 11.5. The van der Waals surface area contributed by atoms with Gasteiger partial charge in [0.25, 0.3) is 0 Å². The zero-order valence-electron chi connectivity index (χ0n) is 10.7. The van der Waals surface area contributed by atoms with Gasteiger partial charge in [0.2, 0.25) is 0 Å². The Hall–Kier alpha value is -2.07. The van der Waals surface area contributed by atoms with Crippen molar-refractivity contribution >= 4 is 11.3 Å². The molecule has 0 spiro atoms. The average Bonchev–Trinajstić information content (AvgIpc) is 2.96. The van der Waals surface area contributed by atoms with E-state index in [4.69, 9.17) is 4.42 Å². The van der Waals surface area contributed by atoms with Crippen molar-refractivity contribution in [2.75, 3.05) is 0 Å². The maximum absolute atomic E-state index is 9.85. The van der Waals surface area contributed by atoms with Crippen LogP contribution in [0.5, 0.6) is 5.75 Å². The van der Waals surface area contributed by atoms with Gasteiger partial charge in [-0.2, -0.15) is 0 Å². The molecule has 0 amide bonds. The number of benzene rings is 1. The van der Waals surface area contributed by atoms with Gasteiger partial charge in [-0.3, -0.25) is 0 Å². The molecule has 0 fully saturated rings. The molecule has 2 heterocycles. The van der Waals surface area contributed by atoms with Gasteiger partial charge in [-0.15, -0.1) is 11.3 Å². The van der Waals surface area contributed by atoms with E-state index in [1.54, 1.807) is 12.1 Å². The van der Waals surface area contributed by atoms with Crippen molar-refractivity contribution in [3.63, 3.8) is 0 Å². The molecule has 0 bridgehead atoms. The predicted molar refractivity (Wildman–Crippen MR) is 76.4 cm³/mol. The van der Waals surface area contributed by atoms with E-state index in [2.05, 4.69) is 4.98 Å². The molecule has 3 nitrogen and oxygen atoms in total. The first-order valence-corrected chi connectivity index (χ1v) is 6.84. The number of thiazole rings is 1. The van der Waals surface area contributed by atoms with E-state index in [1.165, 1.54) is 11.3 Å². The van der Waals surface area contributed by atoms with Gasteiger partial charge in [0.05, 0.1) is 11.3 Å². The number of furan rings is 1. The smallest absolute Gasteiger partial charge is 0.127 e. The summed E-state index contributed by atoms with van der Waals surface area (Å²) < 4.78 is 5.52. The second kappa shape index (κ2) is 4.55. The van der Waals surface area contributed by atoms with E-state index >= 15 is 0 Å². The molecule has 0 unspecified atom stereocenters. The van der Waals surface area contributed by atoms with Gasteiger partial charge >= 0.3 is 0 Å². The second-order valence-corrected chi connectivity index (χ2v) is 5.24. The second-order valence-electron chi connectivity index (χ2n) is 4.38. The van der Waals surface area contributed by atoms with Gasteiger partial charge in [0.15, 0.2) is 0 Å². The van der Waals surface area contributed by atoms with Gasteiger partial charge < -0.3 is 9.52 Å². The quantitative estimate of drug-likeness (QED) is 0.751. The van der Waals surface area contributed by atoms with Crippen LogP contribution in [0.15, 0.2) is 40.1 Å². The maximum Gasteiger partial charge on any atom is 0.127 e. The largest absolute Gasteiger partial charge is 0.507 e. The van der Waals surface area contributed by atoms with Crippen molar-refractivity contribution in [1.82, 2.24) is 4.98 Å². The van der Waals surface area contributed by atoms with Crippen LogP contribution in [0.2, 0.25) is 0 Å². The molecule has 4 heteroatoms. The number of aryl methyl sites for hydroxylation is 2. The number of rotatable bonds is 2. The van der Waals surface area contributed by atoms with E-state index in [1.807, 2.05) is 37.4 Å². The van der Waals surface area contributed by atoms with Gasteiger partial charge in [0.1, 0.15) is 22.3 Å². The summed E-state index contributed by atoms with van der Waals surface area (Å²) in [5.41, 5.74) is 2.66. The molecule has 0 saturated carbocycles. The summed E-state index contributed by atoms with van der Waals surface area (Å²) in [5.74, 6) is 2.00. The number of aromatic nitrogens is 1. The predicted octanol–water partition coefficient (Wildman–Crippen LogP) is 4.39. The monoisotopic (exact) mass is 271 g/mol. The summed E-state index contributed by atoms with van der Waals surface area (Å²) >= 11 is 1.52.